The van der Waals surface area contributed by atoms with E-state index in [9.17, 15) is 13.2 Å². The number of benzene rings is 4. The van der Waals surface area contributed by atoms with Gasteiger partial charge in [-0.3, -0.25) is 4.79 Å². The predicted molar refractivity (Wildman–Crippen MR) is 136 cm³/mol. The van der Waals surface area contributed by atoms with Gasteiger partial charge in [-0.2, -0.15) is 4.31 Å². The first-order valence-corrected chi connectivity index (χ1v) is 13.0. The van der Waals surface area contributed by atoms with E-state index in [1.54, 1.807) is 35.2 Å². The molecule has 4 aromatic rings. The molecule has 5 rings (SSSR count). The van der Waals surface area contributed by atoms with E-state index in [1.165, 1.54) is 4.31 Å². The number of rotatable bonds is 7. The van der Waals surface area contributed by atoms with Crippen molar-refractivity contribution in [2.75, 3.05) is 6.54 Å². The fourth-order valence-electron chi connectivity index (χ4n) is 4.65. The molecule has 0 aliphatic carbocycles. The summed E-state index contributed by atoms with van der Waals surface area (Å²) in [5, 5.41) is 0. The van der Waals surface area contributed by atoms with E-state index in [0.29, 0.717) is 18.5 Å². The highest BCUT2D eigenvalue weighted by Crippen LogP contribution is 2.45. The molecule has 5 nitrogen and oxygen atoms in total. The molecule has 0 N–H and O–H groups in total. The van der Waals surface area contributed by atoms with E-state index in [4.69, 9.17) is 0 Å². The van der Waals surface area contributed by atoms with E-state index >= 15 is 0 Å². The number of hydrogen-bond acceptors (Lipinski definition) is 3. The molecular weight excluding hydrogens is 456 g/mol. The van der Waals surface area contributed by atoms with Crippen LogP contribution in [0.25, 0.3) is 0 Å². The minimum atomic E-state index is -4.01. The normalized spacial score (nSPS) is 18.6. The summed E-state index contributed by atoms with van der Waals surface area (Å²) >= 11 is 0. The van der Waals surface area contributed by atoms with Crippen LogP contribution in [-0.4, -0.2) is 30.1 Å². The molecule has 0 radical (unpaired) electrons. The van der Waals surface area contributed by atoms with Crippen LogP contribution in [-0.2, 0) is 21.2 Å². The molecule has 1 saturated heterocycles. The van der Waals surface area contributed by atoms with Crippen LogP contribution in [0.5, 0.6) is 0 Å². The zero-order chi connectivity index (χ0) is 24.3. The maximum Gasteiger partial charge on any atom is 0.247 e. The molecule has 0 unspecified atom stereocenters. The van der Waals surface area contributed by atoms with Gasteiger partial charge >= 0.3 is 0 Å². The van der Waals surface area contributed by atoms with Crippen molar-refractivity contribution in [3.05, 3.63) is 138 Å². The maximum atomic E-state index is 14.1. The first-order valence-electron chi connectivity index (χ1n) is 11.6. The van der Waals surface area contributed by atoms with Crippen LogP contribution in [0.4, 0.5) is 0 Å². The quantitative estimate of drug-likeness (QED) is 0.364. The van der Waals surface area contributed by atoms with Gasteiger partial charge in [0.25, 0.3) is 0 Å². The van der Waals surface area contributed by atoms with Crippen LogP contribution < -0.4 is 0 Å². The largest absolute Gasteiger partial charge is 0.320 e. The first kappa shape index (κ1) is 23.0. The third-order valence-electron chi connectivity index (χ3n) is 6.32. The summed E-state index contributed by atoms with van der Waals surface area (Å²) in [5.74, 6) is -0.222. The lowest BCUT2D eigenvalue weighted by molar-refractivity contribution is -0.130. The number of nitrogens with zero attached hydrogens (tertiary/aromatic N) is 2. The van der Waals surface area contributed by atoms with Gasteiger partial charge in [0.1, 0.15) is 12.2 Å². The maximum absolute atomic E-state index is 14.1. The van der Waals surface area contributed by atoms with Gasteiger partial charge in [0.15, 0.2) is 0 Å². The Morgan fingerprint density at radius 2 is 1.11 bits per heavy atom. The molecule has 0 bridgehead atoms. The Labute approximate surface area is 206 Å². The lowest BCUT2D eigenvalue weighted by Gasteiger charge is -2.31. The highest BCUT2D eigenvalue weighted by molar-refractivity contribution is 7.89. The van der Waals surface area contributed by atoms with Crippen molar-refractivity contribution in [3.63, 3.8) is 0 Å². The van der Waals surface area contributed by atoms with Gasteiger partial charge in [-0.25, -0.2) is 8.42 Å². The summed E-state index contributed by atoms with van der Waals surface area (Å²) in [6.07, 6.45) is -0.140. The molecule has 1 fully saturated rings. The van der Waals surface area contributed by atoms with Gasteiger partial charge in [0.2, 0.25) is 15.9 Å². The lowest BCUT2D eigenvalue weighted by atomic mass is 10.1. The Hall–Kier alpha value is -3.74. The van der Waals surface area contributed by atoms with Crippen molar-refractivity contribution >= 4 is 15.9 Å². The average Bonchev–Trinajstić information content (AvgIpc) is 3.22. The molecule has 1 aliphatic heterocycles. The minimum absolute atomic E-state index is 0.166. The lowest BCUT2D eigenvalue weighted by Crippen LogP contribution is -2.37. The summed E-state index contributed by atoms with van der Waals surface area (Å²) in [5.41, 5.74) is 2.50. The van der Waals surface area contributed by atoms with Crippen LogP contribution in [0.1, 0.15) is 28.9 Å². The molecule has 0 spiro atoms. The molecule has 35 heavy (non-hydrogen) atoms. The Morgan fingerprint density at radius 3 is 1.69 bits per heavy atom. The van der Waals surface area contributed by atoms with Crippen LogP contribution in [0.15, 0.2) is 126 Å². The molecule has 176 valence electrons. The fraction of sp³-hybridized carbons (Fsp3) is 0.138. The van der Waals surface area contributed by atoms with E-state index in [1.807, 2.05) is 91.0 Å². The van der Waals surface area contributed by atoms with E-state index in [2.05, 4.69) is 0 Å². The van der Waals surface area contributed by atoms with Crippen molar-refractivity contribution in [1.82, 2.24) is 9.21 Å². The Morgan fingerprint density at radius 1 is 0.629 bits per heavy atom. The van der Waals surface area contributed by atoms with Gasteiger partial charge in [0, 0.05) is 6.54 Å². The molecule has 1 amide bonds. The van der Waals surface area contributed by atoms with Crippen molar-refractivity contribution in [1.29, 1.82) is 0 Å². The van der Waals surface area contributed by atoms with Gasteiger partial charge in [-0.15, -0.1) is 0 Å². The Bertz CT molecular complexity index is 1380. The minimum Gasteiger partial charge on any atom is -0.320 e. The Kier molecular flexibility index (Phi) is 6.49. The van der Waals surface area contributed by atoms with Crippen molar-refractivity contribution in [2.45, 2.75) is 23.5 Å². The molecule has 6 heteroatoms. The third kappa shape index (κ3) is 4.50. The van der Waals surface area contributed by atoms with Crippen molar-refractivity contribution < 1.29 is 13.2 Å². The molecule has 0 saturated carbocycles. The summed E-state index contributed by atoms with van der Waals surface area (Å²) in [7, 11) is -4.01. The first-order chi connectivity index (χ1) is 17.1. The van der Waals surface area contributed by atoms with E-state index in [-0.39, 0.29) is 10.8 Å². The second-order valence-electron chi connectivity index (χ2n) is 8.51. The van der Waals surface area contributed by atoms with Gasteiger partial charge < -0.3 is 4.90 Å². The number of amides is 1. The molecule has 2 atom stereocenters. The zero-order valence-corrected chi connectivity index (χ0v) is 20.0. The van der Waals surface area contributed by atoms with Crippen molar-refractivity contribution in [2.24, 2.45) is 0 Å². The molecule has 0 aromatic heterocycles. The third-order valence-corrected chi connectivity index (χ3v) is 8.16. The summed E-state index contributed by atoms with van der Waals surface area (Å²) in [6, 6.07) is 35.9. The topological polar surface area (TPSA) is 57.7 Å². The highest BCUT2D eigenvalue weighted by Gasteiger charge is 2.53. The standard InChI is InChI=1S/C29H26N2O3S/c32-29-27(24-15-7-2-8-16-24)31(35(33,34)26-19-11-4-12-20-26)28(25-17-9-3-10-18-25)30(29)22-21-23-13-5-1-6-14-23/h1-20,27-28H,21-22H2/t27-,28+/m0/s1. The SMILES string of the molecule is O=C1[C@H](c2ccccc2)N(S(=O)(=O)c2ccccc2)[C@H](c2ccccc2)N1CCc1ccccc1. The molecule has 1 aliphatic rings. The predicted octanol–water partition coefficient (Wildman–Crippen LogP) is 5.20. The molecule has 1 heterocycles. The van der Waals surface area contributed by atoms with Crippen molar-refractivity contribution in [3.8, 4) is 0 Å². The monoisotopic (exact) mass is 482 g/mol. The number of sulfonamides is 1. The van der Waals surface area contributed by atoms with E-state index < -0.39 is 22.2 Å². The summed E-state index contributed by atoms with van der Waals surface area (Å²) in [6.45, 7) is 0.395. The fourth-order valence-corrected chi connectivity index (χ4v) is 6.39. The zero-order valence-electron chi connectivity index (χ0n) is 19.1. The van der Waals surface area contributed by atoms with Crippen LogP contribution in [0, 0.1) is 0 Å². The molecular formula is C29H26N2O3S. The second kappa shape index (κ2) is 9.86. The summed E-state index contributed by atoms with van der Waals surface area (Å²) < 4.78 is 29.6. The summed E-state index contributed by atoms with van der Waals surface area (Å²) in [4.78, 5) is 15.9. The van der Waals surface area contributed by atoms with E-state index in [0.717, 1.165) is 11.1 Å². The van der Waals surface area contributed by atoms with Crippen LogP contribution in [0.3, 0.4) is 0 Å². The smallest absolute Gasteiger partial charge is 0.247 e. The highest BCUT2D eigenvalue weighted by atomic mass is 32.2. The number of hydrogen-bond donors (Lipinski definition) is 0. The van der Waals surface area contributed by atoms with Crippen LogP contribution >= 0.6 is 0 Å². The van der Waals surface area contributed by atoms with Crippen LogP contribution in [0.2, 0.25) is 0 Å². The van der Waals surface area contributed by atoms with Gasteiger partial charge in [-0.1, -0.05) is 109 Å². The van der Waals surface area contributed by atoms with Gasteiger partial charge in [0.05, 0.1) is 4.90 Å². The second-order valence-corrected chi connectivity index (χ2v) is 10.4. The van der Waals surface area contributed by atoms with Gasteiger partial charge in [-0.05, 0) is 35.2 Å². The molecule has 4 aromatic carbocycles. The number of carbonyl (C=O) groups is 1. The average molecular weight is 483 g/mol. The number of carbonyl (C=O) groups excluding carboxylic acids is 1. The Balaban J connectivity index is 1.65.